The number of hydrogen-bond donors (Lipinski definition) is 0. The Morgan fingerprint density at radius 2 is 1.57 bits per heavy atom. The summed E-state index contributed by atoms with van der Waals surface area (Å²) in [6.45, 7) is 0. The van der Waals surface area contributed by atoms with E-state index in [0.717, 1.165) is 17.5 Å². The summed E-state index contributed by atoms with van der Waals surface area (Å²) in [7, 11) is 0. The monoisotopic (exact) mass is 276 g/mol. The molecule has 0 saturated heterocycles. The minimum atomic E-state index is -0.214. The number of rotatable bonds is 3. The molecule has 0 N–H and O–H groups in total. The molecular formula is C17H12N2O2. The highest BCUT2D eigenvalue weighted by atomic mass is 16.1. The van der Waals surface area contributed by atoms with Crippen molar-refractivity contribution in [2.75, 3.05) is 0 Å². The van der Waals surface area contributed by atoms with Crippen LogP contribution in [0.1, 0.15) is 10.4 Å². The highest BCUT2D eigenvalue weighted by molar-refractivity contribution is 5.75. The lowest BCUT2D eigenvalue weighted by Gasteiger charge is -2.07. The Kier molecular flexibility index (Phi) is 3.43. The first-order valence-corrected chi connectivity index (χ1v) is 6.49. The van der Waals surface area contributed by atoms with Crippen molar-refractivity contribution >= 4 is 6.29 Å². The zero-order valence-electron chi connectivity index (χ0n) is 11.1. The van der Waals surface area contributed by atoms with Crippen molar-refractivity contribution in [2.45, 2.75) is 0 Å². The number of nitrogens with zero attached hydrogens (tertiary/aromatic N) is 2. The first-order chi connectivity index (χ1) is 10.3. The van der Waals surface area contributed by atoms with Crippen molar-refractivity contribution in [2.24, 2.45) is 0 Å². The average Bonchev–Trinajstić information content (AvgIpc) is 2.56. The summed E-state index contributed by atoms with van der Waals surface area (Å²) in [5, 5.41) is 4.38. The van der Waals surface area contributed by atoms with Gasteiger partial charge in [-0.3, -0.25) is 9.59 Å². The molecule has 0 saturated carbocycles. The van der Waals surface area contributed by atoms with Gasteiger partial charge in [-0.15, -0.1) is 0 Å². The van der Waals surface area contributed by atoms with Crippen LogP contribution in [-0.4, -0.2) is 16.1 Å². The van der Waals surface area contributed by atoms with Crippen LogP contribution in [0.5, 0.6) is 0 Å². The lowest BCUT2D eigenvalue weighted by Crippen LogP contribution is -2.20. The molecule has 0 amide bonds. The van der Waals surface area contributed by atoms with E-state index in [1.165, 1.54) is 10.7 Å². The smallest absolute Gasteiger partial charge is 0.271 e. The number of aromatic nitrogens is 2. The van der Waals surface area contributed by atoms with Gasteiger partial charge in [0.15, 0.2) is 0 Å². The zero-order chi connectivity index (χ0) is 14.7. The standard InChI is InChI=1S/C17H12N2O2/c20-12-13-6-8-15(9-7-13)19-17(21)11-10-16(18-19)14-4-2-1-3-5-14/h1-12H. The van der Waals surface area contributed by atoms with E-state index in [9.17, 15) is 9.59 Å². The van der Waals surface area contributed by atoms with E-state index < -0.39 is 0 Å². The Hall–Kier alpha value is -3.01. The molecule has 21 heavy (non-hydrogen) atoms. The van der Waals surface area contributed by atoms with E-state index >= 15 is 0 Å². The second-order valence-corrected chi connectivity index (χ2v) is 4.54. The van der Waals surface area contributed by atoms with E-state index in [4.69, 9.17) is 0 Å². The van der Waals surface area contributed by atoms with Crippen molar-refractivity contribution < 1.29 is 4.79 Å². The second-order valence-electron chi connectivity index (χ2n) is 4.54. The molecule has 0 aliphatic rings. The van der Waals surface area contributed by atoms with E-state index in [1.807, 2.05) is 30.3 Å². The summed E-state index contributed by atoms with van der Waals surface area (Å²) < 4.78 is 1.33. The number of benzene rings is 2. The molecule has 102 valence electrons. The van der Waals surface area contributed by atoms with Crippen LogP contribution in [0.4, 0.5) is 0 Å². The average molecular weight is 276 g/mol. The van der Waals surface area contributed by atoms with Crippen LogP contribution < -0.4 is 5.56 Å². The first kappa shape index (κ1) is 13.0. The van der Waals surface area contributed by atoms with Crippen LogP contribution in [0.25, 0.3) is 16.9 Å². The summed E-state index contributed by atoms with van der Waals surface area (Å²) in [6, 6.07) is 19.6. The third-order valence-corrected chi connectivity index (χ3v) is 3.14. The third-order valence-electron chi connectivity index (χ3n) is 3.14. The van der Waals surface area contributed by atoms with Gasteiger partial charge < -0.3 is 0 Å². The van der Waals surface area contributed by atoms with Gasteiger partial charge in [-0.2, -0.15) is 9.78 Å². The fourth-order valence-corrected chi connectivity index (χ4v) is 2.05. The van der Waals surface area contributed by atoms with Gasteiger partial charge in [0.05, 0.1) is 11.4 Å². The molecule has 0 aliphatic carbocycles. The van der Waals surface area contributed by atoms with Gasteiger partial charge in [-0.05, 0) is 30.3 Å². The minimum absolute atomic E-state index is 0.214. The van der Waals surface area contributed by atoms with Crippen molar-refractivity contribution in [1.82, 2.24) is 9.78 Å². The molecule has 1 heterocycles. The van der Waals surface area contributed by atoms with Gasteiger partial charge in [0.25, 0.3) is 5.56 Å². The molecule has 2 aromatic carbocycles. The summed E-state index contributed by atoms with van der Waals surface area (Å²) in [4.78, 5) is 22.7. The normalized spacial score (nSPS) is 10.3. The van der Waals surface area contributed by atoms with Gasteiger partial charge in [0.1, 0.15) is 6.29 Å². The topological polar surface area (TPSA) is 52.0 Å². The lowest BCUT2D eigenvalue weighted by atomic mass is 10.1. The quantitative estimate of drug-likeness (QED) is 0.691. The van der Waals surface area contributed by atoms with Gasteiger partial charge in [0.2, 0.25) is 0 Å². The summed E-state index contributed by atoms with van der Waals surface area (Å²) in [6.07, 6.45) is 0.764. The molecule has 4 nitrogen and oxygen atoms in total. The van der Waals surface area contributed by atoms with E-state index in [-0.39, 0.29) is 5.56 Å². The Morgan fingerprint density at radius 3 is 2.24 bits per heavy atom. The molecule has 0 unspecified atom stereocenters. The molecule has 4 heteroatoms. The van der Waals surface area contributed by atoms with Gasteiger partial charge in [-0.1, -0.05) is 30.3 Å². The first-order valence-electron chi connectivity index (χ1n) is 6.49. The summed E-state index contributed by atoms with van der Waals surface area (Å²) in [5.74, 6) is 0. The van der Waals surface area contributed by atoms with Crippen LogP contribution in [0.3, 0.4) is 0 Å². The molecular weight excluding hydrogens is 264 g/mol. The largest absolute Gasteiger partial charge is 0.298 e. The molecule has 3 aromatic rings. The van der Waals surface area contributed by atoms with E-state index in [2.05, 4.69) is 5.10 Å². The highest BCUT2D eigenvalue weighted by Gasteiger charge is 2.05. The molecule has 0 fully saturated rings. The Labute approximate surface area is 121 Å². The highest BCUT2D eigenvalue weighted by Crippen LogP contribution is 2.15. The van der Waals surface area contributed by atoms with Crippen LogP contribution in [0, 0.1) is 0 Å². The predicted molar refractivity (Wildman–Crippen MR) is 80.7 cm³/mol. The fraction of sp³-hybridized carbons (Fsp3) is 0. The van der Waals surface area contributed by atoms with E-state index in [1.54, 1.807) is 30.3 Å². The molecule has 0 aliphatic heterocycles. The molecule has 3 rings (SSSR count). The second kappa shape index (κ2) is 5.54. The Morgan fingerprint density at radius 1 is 0.857 bits per heavy atom. The summed E-state index contributed by atoms with van der Waals surface area (Å²) in [5.41, 5.74) is 2.63. The molecule has 0 bridgehead atoms. The number of carbonyl (C=O) groups excluding carboxylic acids is 1. The number of hydrogen-bond acceptors (Lipinski definition) is 3. The maximum atomic E-state index is 12.0. The van der Waals surface area contributed by atoms with Crippen LogP contribution in [0.2, 0.25) is 0 Å². The SMILES string of the molecule is O=Cc1ccc(-n2nc(-c3ccccc3)ccc2=O)cc1. The molecule has 0 atom stereocenters. The molecule has 1 aromatic heterocycles. The Bertz CT molecular complexity index is 821. The fourth-order valence-electron chi connectivity index (χ4n) is 2.05. The maximum absolute atomic E-state index is 12.0. The van der Waals surface area contributed by atoms with Crippen molar-refractivity contribution in [3.63, 3.8) is 0 Å². The van der Waals surface area contributed by atoms with Crippen LogP contribution >= 0.6 is 0 Å². The lowest BCUT2D eigenvalue weighted by molar-refractivity contribution is 0.112. The van der Waals surface area contributed by atoms with Gasteiger partial charge in [-0.25, -0.2) is 0 Å². The van der Waals surface area contributed by atoms with Crippen molar-refractivity contribution in [3.8, 4) is 16.9 Å². The summed E-state index contributed by atoms with van der Waals surface area (Å²) >= 11 is 0. The molecule has 0 radical (unpaired) electrons. The minimum Gasteiger partial charge on any atom is -0.298 e. The van der Waals surface area contributed by atoms with Gasteiger partial charge in [0, 0.05) is 17.2 Å². The maximum Gasteiger partial charge on any atom is 0.271 e. The van der Waals surface area contributed by atoms with E-state index in [0.29, 0.717) is 11.3 Å². The van der Waals surface area contributed by atoms with Crippen LogP contribution in [-0.2, 0) is 0 Å². The van der Waals surface area contributed by atoms with Crippen molar-refractivity contribution in [3.05, 3.63) is 82.6 Å². The van der Waals surface area contributed by atoms with Crippen molar-refractivity contribution in [1.29, 1.82) is 0 Å². The number of aldehydes is 1. The van der Waals surface area contributed by atoms with Gasteiger partial charge >= 0.3 is 0 Å². The van der Waals surface area contributed by atoms with Crippen LogP contribution in [0.15, 0.2) is 71.5 Å². The number of carbonyl (C=O) groups is 1. The molecule has 0 spiro atoms. The predicted octanol–water partition coefficient (Wildman–Crippen LogP) is 2.71. The zero-order valence-corrected chi connectivity index (χ0v) is 11.1. The Balaban J connectivity index is 2.09. The third kappa shape index (κ3) is 2.65.